The zero-order valence-electron chi connectivity index (χ0n) is 17.0. The van der Waals surface area contributed by atoms with Crippen molar-refractivity contribution < 1.29 is 4.74 Å². The first kappa shape index (κ1) is 18.7. The smallest absolute Gasteiger partial charge is 0.256 e. The van der Waals surface area contributed by atoms with Crippen molar-refractivity contribution in [3.05, 3.63) is 58.1 Å². The van der Waals surface area contributed by atoms with Gasteiger partial charge in [-0.15, -0.1) is 0 Å². The summed E-state index contributed by atoms with van der Waals surface area (Å²) >= 11 is 0. The molecule has 146 valence electrons. The Hall–Kier alpha value is -2.66. The lowest BCUT2D eigenvalue weighted by molar-refractivity contribution is 0.122. The van der Waals surface area contributed by atoms with Crippen LogP contribution in [0.15, 0.2) is 41.3 Å². The van der Waals surface area contributed by atoms with E-state index in [1.807, 2.05) is 25.3 Å². The fraction of sp³-hybridized carbons (Fsp3) is 0.391. The molecule has 1 saturated heterocycles. The standard InChI is InChI=1S/C23H27N3O2/c1-15-5-6-19(22(27)25-15)20-13-17(23(2,3)4)11-16-12-18(14-24-21(16)20)26-7-9-28-10-8-26/h5-6,11-14H,7-10H2,1-4H3,(H,25,27). The van der Waals surface area contributed by atoms with Crippen molar-refractivity contribution in [3.8, 4) is 11.1 Å². The molecule has 3 aromatic rings. The van der Waals surface area contributed by atoms with Crippen molar-refractivity contribution in [2.45, 2.75) is 33.1 Å². The van der Waals surface area contributed by atoms with E-state index in [9.17, 15) is 4.79 Å². The number of nitrogens with one attached hydrogen (secondary N) is 1. The average molecular weight is 377 g/mol. The predicted octanol–water partition coefficient (Wildman–Crippen LogP) is 4.03. The molecule has 0 bridgehead atoms. The molecule has 1 aromatic carbocycles. The van der Waals surface area contributed by atoms with Crippen LogP contribution in [0, 0.1) is 6.92 Å². The van der Waals surface area contributed by atoms with E-state index in [-0.39, 0.29) is 11.0 Å². The highest BCUT2D eigenvalue weighted by Crippen LogP contribution is 2.34. The Bertz CT molecular complexity index is 1070. The van der Waals surface area contributed by atoms with Crippen LogP contribution in [0.4, 0.5) is 5.69 Å². The molecule has 4 rings (SSSR count). The molecule has 0 aliphatic carbocycles. The molecule has 0 atom stereocenters. The molecule has 0 unspecified atom stereocenters. The Morgan fingerprint density at radius 3 is 2.50 bits per heavy atom. The van der Waals surface area contributed by atoms with Gasteiger partial charge in [0.15, 0.2) is 0 Å². The molecule has 2 aromatic heterocycles. The summed E-state index contributed by atoms with van der Waals surface area (Å²) in [6.45, 7) is 11.7. The highest BCUT2D eigenvalue weighted by Gasteiger charge is 2.20. The maximum absolute atomic E-state index is 12.7. The first-order chi connectivity index (χ1) is 13.3. The number of pyridine rings is 2. The number of rotatable bonds is 2. The van der Waals surface area contributed by atoms with E-state index in [2.05, 4.69) is 48.9 Å². The lowest BCUT2D eigenvalue weighted by Crippen LogP contribution is -2.36. The van der Waals surface area contributed by atoms with Gasteiger partial charge < -0.3 is 14.6 Å². The van der Waals surface area contributed by atoms with Gasteiger partial charge in [0.25, 0.3) is 5.56 Å². The molecule has 0 spiro atoms. The Labute approximate surface area is 165 Å². The molecule has 0 saturated carbocycles. The molecule has 0 amide bonds. The van der Waals surface area contributed by atoms with Crippen molar-refractivity contribution in [1.82, 2.24) is 9.97 Å². The number of fused-ring (bicyclic) bond motifs is 1. The number of ether oxygens (including phenoxy) is 1. The zero-order valence-corrected chi connectivity index (χ0v) is 17.0. The fourth-order valence-electron chi connectivity index (χ4n) is 3.66. The summed E-state index contributed by atoms with van der Waals surface area (Å²) in [5.41, 5.74) is 5.44. The number of benzene rings is 1. The third-order valence-electron chi connectivity index (χ3n) is 5.36. The van der Waals surface area contributed by atoms with Crippen LogP contribution in [0.1, 0.15) is 32.0 Å². The second kappa shape index (κ2) is 7.06. The minimum atomic E-state index is -0.0774. The second-order valence-electron chi connectivity index (χ2n) is 8.52. The van der Waals surface area contributed by atoms with E-state index in [0.29, 0.717) is 5.56 Å². The summed E-state index contributed by atoms with van der Waals surface area (Å²) in [4.78, 5) is 22.7. The average Bonchev–Trinajstić information content (AvgIpc) is 2.67. The van der Waals surface area contributed by atoms with E-state index in [1.165, 1.54) is 5.56 Å². The molecule has 1 aliphatic heterocycles. The largest absolute Gasteiger partial charge is 0.378 e. The van der Waals surface area contributed by atoms with Crippen molar-refractivity contribution in [1.29, 1.82) is 0 Å². The quantitative estimate of drug-likeness (QED) is 0.732. The van der Waals surface area contributed by atoms with Crippen molar-refractivity contribution >= 4 is 16.6 Å². The van der Waals surface area contributed by atoms with Crippen molar-refractivity contribution in [2.24, 2.45) is 0 Å². The van der Waals surface area contributed by atoms with E-state index in [4.69, 9.17) is 9.72 Å². The second-order valence-corrected chi connectivity index (χ2v) is 8.52. The number of H-pyrrole nitrogens is 1. The van der Waals surface area contributed by atoms with Crippen LogP contribution in [0.5, 0.6) is 0 Å². The van der Waals surface area contributed by atoms with Crippen LogP contribution >= 0.6 is 0 Å². The summed E-state index contributed by atoms with van der Waals surface area (Å²) in [6.07, 6.45) is 1.91. The fourth-order valence-corrected chi connectivity index (χ4v) is 3.66. The van der Waals surface area contributed by atoms with Gasteiger partial charge in [-0.05, 0) is 48.2 Å². The van der Waals surface area contributed by atoms with Gasteiger partial charge >= 0.3 is 0 Å². The summed E-state index contributed by atoms with van der Waals surface area (Å²) in [6, 6.07) is 10.3. The van der Waals surface area contributed by atoms with Crippen molar-refractivity contribution in [2.75, 3.05) is 31.2 Å². The Kier molecular flexibility index (Phi) is 4.71. The van der Waals surface area contributed by atoms with Crippen molar-refractivity contribution in [3.63, 3.8) is 0 Å². The number of anilines is 1. The van der Waals surface area contributed by atoms with E-state index in [1.54, 1.807) is 0 Å². The van der Waals surface area contributed by atoms with Crippen LogP contribution in [0.3, 0.4) is 0 Å². The first-order valence-corrected chi connectivity index (χ1v) is 9.80. The molecule has 1 aliphatic rings. The molecule has 1 fully saturated rings. The minimum absolute atomic E-state index is 0.0324. The van der Waals surface area contributed by atoms with Gasteiger partial charge in [0.2, 0.25) is 0 Å². The topological polar surface area (TPSA) is 58.2 Å². The number of aryl methyl sites for hydroxylation is 1. The van der Waals surface area contributed by atoms with Gasteiger partial charge in [-0.25, -0.2) is 0 Å². The van der Waals surface area contributed by atoms with E-state index in [0.717, 1.165) is 54.2 Å². The number of aromatic nitrogens is 2. The molecular formula is C23H27N3O2. The molecule has 0 radical (unpaired) electrons. The van der Waals surface area contributed by atoms with Gasteiger partial charge in [-0.3, -0.25) is 9.78 Å². The maximum atomic E-state index is 12.7. The third kappa shape index (κ3) is 3.54. The lowest BCUT2D eigenvalue weighted by Gasteiger charge is -2.29. The highest BCUT2D eigenvalue weighted by atomic mass is 16.5. The summed E-state index contributed by atoms with van der Waals surface area (Å²) in [5, 5.41) is 1.06. The maximum Gasteiger partial charge on any atom is 0.256 e. The van der Waals surface area contributed by atoms with Crippen LogP contribution in [-0.4, -0.2) is 36.3 Å². The normalized spacial score (nSPS) is 15.2. The number of hydrogen-bond acceptors (Lipinski definition) is 4. The Morgan fingerprint density at radius 2 is 1.82 bits per heavy atom. The van der Waals surface area contributed by atoms with Gasteiger partial charge in [0.05, 0.1) is 30.6 Å². The molecule has 28 heavy (non-hydrogen) atoms. The number of aromatic amines is 1. The molecular weight excluding hydrogens is 350 g/mol. The lowest BCUT2D eigenvalue weighted by atomic mass is 9.84. The van der Waals surface area contributed by atoms with E-state index >= 15 is 0 Å². The SMILES string of the molecule is Cc1ccc(-c2cc(C(C)(C)C)cc3cc(N4CCOCC4)cnc23)c(=O)[nH]1. The van der Waals surface area contributed by atoms with Crippen LogP contribution in [0.2, 0.25) is 0 Å². The highest BCUT2D eigenvalue weighted by molar-refractivity contribution is 5.95. The summed E-state index contributed by atoms with van der Waals surface area (Å²) < 4.78 is 5.47. The van der Waals surface area contributed by atoms with Gasteiger partial charge in [-0.2, -0.15) is 0 Å². The predicted molar refractivity (Wildman–Crippen MR) is 114 cm³/mol. The number of hydrogen-bond donors (Lipinski definition) is 1. The van der Waals surface area contributed by atoms with Crippen LogP contribution in [-0.2, 0) is 10.2 Å². The molecule has 3 heterocycles. The Morgan fingerprint density at radius 1 is 1.07 bits per heavy atom. The molecule has 1 N–H and O–H groups in total. The summed E-state index contributed by atoms with van der Waals surface area (Å²) in [5.74, 6) is 0. The monoisotopic (exact) mass is 377 g/mol. The van der Waals surface area contributed by atoms with Crippen LogP contribution < -0.4 is 10.5 Å². The number of morpholine rings is 1. The van der Waals surface area contributed by atoms with Gasteiger partial charge in [-0.1, -0.05) is 20.8 Å². The molecule has 5 heteroatoms. The number of nitrogens with zero attached hydrogens (tertiary/aromatic N) is 2. The summed E-state index contributed by atoms with van der Waals surface area (Å²) in [7, 11) is 0. The first-order valence-electron chi connectivity index (χ1n) is 9.80. The minimum Gasteiger partial charge on any atom is -0.378 e. The van der Waals surface area contributed by atoms with Gasteiger partial charge in [0, 0.05) is 35.3 Å². The molecule has 5 nitrogen and oxygen atoms in total. The van der Waals surface area contributed by atoms with Crippen LogP contribution in [0.25, 0.3) is 22.0 Å². The van der Waals surface area contributed by atoms with Gasteiger partial charge in [0.1, 0.15) is 0 Å². The zero-order chi connectivity index (χ0) is 19.9. The third-order valence-corrected chi connectivity index (χ3v) is 5.36. The Balaban J connectivity index is 1.93. The van der Waals surface area contributed by atoms with E-state index < -0.39 is 0 Å².